The molecule has 1 aliphatic rings. The molecule has 25 heavy (non-hydrogen) atoms. The van der Waals surface area contributed by atoms with Gasteiger partial charge in [0.05, 0.1) is 29.2 Å². The molecular weight excluding hydrogens is 333 g/mol. The summed E-state index contributed by atoms with van der Waals surface area (Å²) in [7, 11) is 1.78. The van der Waals surface area contributed by atoms with Gasteiger partial charge in [-0.05, 0) is 36.4 Å². The Morgan fingerprint density at radius 2 is 1.88 bits per heavy atom. The first-order chi connectivity index (χ1) is 11.9. The molecule has 0 radical (unpaired) electrons. The predicted molar refractivity (Wildman–Crippen MR) is 86.7 cm³/mol. The number of aromatic nitrogens is 3. The van der Waals surface area contributed by atoms with Gasteiger partial charge in [0.1, 0.15) is 5.69 Å². The van der Waals surface area contributed by atoms with E-state index >= 15 is 0 Å². The fourth-order valence-electron chi connectivity index (χ4n) is 3.05. The maximum atomic E-state index is 12.8. The second-order valence-electron chi connectivity index (χ2n) is 5.87. The molecule has 1 aliphatic heterocycles. The van der Waals surface area contributed by atoms with Crippen molar-refractivity contribution in [2.45, 2.75) is 12.7 Å². The zero-order chi connectivity index (χ0) is 17.8. The van der Waals surface area contributed by atoms with E-state index in [1.165, 1.54) is 16.8 Å². The van der Waals surface area contributed by atoms with Gasteiger partial charge < -0.3 is 4.90 Å². The number of hydrogen-bond donors (Lipinski definition) is 1. The Bertz CT molecular complexity index is 1000. The number of benzene rings is 1. The summed E-state index contributed by atoms with van der Waals surface area (Å²) >= 11 is 0. The van der Waals surface area contributed by atoms with E-state index in [9.17, 15) is 18.0 Å². The van der Waals surface area contributed by atoms with E-state index in [0.717, 1.165) is 23.4 Å². The van der Waals surface area contributed by atoms with Crippen molar-refractivity contribution >= 4 is 5.69 Å². The van der Waals surface area contributed by atoms with Crippen LogP contribution in [0.15, 0.2) is 47.4 Å². The smallest absolute Gasteiger partial charge is 0.362 e. The number of fused-ring (bicyclic) bond motifs is 3. The lowest BCUT2D eigenvalue weighted by Gasteiger charge is -2.24. The number of rotatable bonds is 1. The number of pyridine rings is 1. The predicted octanol–water partition coefficient (Wildman–Crippen LogP) is 3.20. The van der Waals surface area contributed by atoms with Gasteiger partial charge in [-0.25, -0.2) is 4.68 Å². The van der Waals surface area contributed by atoms with Crippen molar-refractivity contribution in [3.8, 4) is 16.9 Å². The molecular formula is C17H13F3N4O. The molecule has 0 amide bonds. The Kier molecular flexibility index (Phi) is 3.24. The third-order valence-electron chi connectivity index (χ3n) is 4.25. The fourth-order valence-corrected chi connectivity index (χ4v) is 3.05. The van der Waals surface area contributed by atoms with Crippen molar-refractivity contribution in [1.82, 2.24) is 14.8 Å². The highest BCUT2D eigenvalue weighted by Gasteiger charge is 2.31. The molecule has 0 bridgehead atoms. The van der Waals surface area contributed by atoms with Crippen LogP contribution in [0, 0.1) is 0 Å². The summed E-state index contributed by atoms with van der Waals surface area (Å²) in [6.07, 6.45) is -2.73. The van der Waals surface area contributed by atoms with E-state index in [-0.39, 0.29) is 5.56 Å². The summed E-state index contributed by atoms with van der Waals surface area (Å²) in [5.74, 6) is 0. The Hall–Kier alpha value is -3.03. The summed E-state index contributed by atoms with van der Waals surface area (Å²) in [5.41, 5.74) is 2.00. The van der Waals surface area contributed by atoms with E-state index in [0.29, 0.717) is 23.6 Å². The van der Waals surface area contributed by atoms with Crippen LogP contribution in [0.2, 0.25) is 0 Å². The van der Waals surface area contributed by atoms with Crippen LogP contribution in [0.3, 0.4) is 0 Å². The largest absolute Gasteiger partial charge is 0.416 e. The third kappa shape index (κ3) is 2.41. The summed E-state index contributed by atoms with van der Waals surface area (Å²) in [4.78, 5) is 18.9. The number of nitrogens with one attached hydrogen (secondary N) is 1. The molecule has 0 atom stereocenters. The summed E-state index contributed by atoms with van der Waals surface area (Å²) < 4.78 is 39.4. The second-order valence-corrected chi connectivity index (χ2v) is 5.87. The van der Waals surface area contributed by atoms with Crippen molar-refractivity contribution in [2.75, 3.05) is 11.9 Å². The van der Waals surface area contributed by atoms with E-state index in [2.05, 4.69) is 10.1 Å². The molecule has 3 heterocycles. The first kappa shape index (κ1) is 15.5. The number of H-pyrrole nitrogens is 1. The molecule has 0 aliphatic carbocycles. The molecule has 1 N–H and O–H groups in total. The Labute approximate surface area is 140 Å². The molecule has 0 fully saturated rings. The van der Waals surface area contributed by atoms with Crippen LogP contribution in [-0.2, 0) is 12.7 Å². The molecule has 0 saturated heterocycles. The minimum absolute atomic E-state index is 0.313. The number of aromatic amines is 1. The number of anilines is 1. The maximum absolute atomic E-state index is 12.8. The molecule has 3 aromatic rings. The summed E-state index contributed by atoms with van der Waals surface area (Å²) in [6.45, 7) is 0.489. The number of halogens is 3. The van der Waals surface area contributed by atoms with Crippen LogP contribution in [0.5, 0.6) is 0 Å². The van der Waals surface area contributed by atoms with Crippen molar-refractivity contribution < 1.29 is 13.2 Å². The van der Waals surface area contributed by atoms with Gasteiger partial charge in [0.25, 0.3) is 5.56 Å². The first-order valence-corrected chi connectivity index (χ1v) is 7.54. The number of hydrogen-bond acceptors (Lipinski definition) is 3. The van der Waals surface area contributed by atoms with Crippen LogP contribution >= 0.6 is 0 Å². The van der Waals surface area contributed by atoms with E-state index in [1.54, 1.807) is 24.2 Å². The zero-order valence-corrected chi connectivity index (χ0v) is 13.1. The van der Waals surface area contributed by atoms with Gasteiger partial charge in [0, 0.05) is 18.8 Å². The maximum Gasteiger partial charge on any atom is 0.416 e. The van der Waals surface area contributed by atoms with Crippen molar-refractivity contribution in [3.63, 3.8) is 0 Å². The zero-order valence-electron chi connectivity index (χ0n) is 13.1. The first-order valence-electron chi connectivity index (χ1n) is 7.54. The number of nitrogens with zero attached hydrogens (tertiary/aromatic N) is 3. The fraction of sp³-hybridized carbons (Fsp3) is 0.176. The molecule has 8 heteroatoms. The lowest BCUT2D eigenvalue weighted by molar-refractivity contribution is -0.137. The lowest BCUT2D eigenvalue weighted by Crippen LogP contribution is -2.27. The van der Waals surface area contributed by atoms with Gasteiger partial charge in [0.15, 0.2) is 0 Å². The van der Waals surface area contributed by atoms with Crippen molar-refractivity contribution in [3.05, 3.63) is 64.2 Å². The Morgan fingerprint density at radius 1 is 1.16 bits per heavy atom. The molecule has 128 valence electrons. The van der Waals surface area contributed by atoms with Crippen LogP contribution in [0.25, 0.3) is 16.9 Å². The molecule has 0 saturated carbocycles. The van der Waals surface area contributed by atoms with Crippen molar-refractivity contribution in [2.24, 2.45) is 0 Å². The molecule has 5 nitrogen and oxygen atoms in total. The van der Waals surface area contributed by atoms with E-state index in [1.807, 2.05) is 6.07 Å². The SMILES string of the molecule is CN1Cc2ncccc2-c2[nH]n(-c3ccc(C(F)(F)F)cc3)c(=O)c21. The van der Waals surface area contributed by atoms with Crippen LogP contribution < -0.4 is 10.5 Å². The van der Waals surface area contributed by atoms with Gasteiger partial charge in [-0.2, -0.15) is 13.2 Å². The molecule has 1 aromatic carbocycles. The summed E-state index contributed by atoms with van der Waals surface area (Å²) in [6, 6.07) is 8.11. The highest BCUT2D eigenvalue weighted by atomic mass is 19.4. The van der Waals surface area contributed by atoms with E-state index < -0.39 is 11.7 Å². The second kappa shape index (κ2) is 5.23. The Balaban J connectivity index is 1.86. The molecule has 0 unspecified atom stereocenters. The minimum Gasteiger partial charge on any atom is -0.362 e. The number of alkyl halides is 3. The average molecular weight is 346 g/mol. The molecule has 0 spiro atoms. The summed E-state index contributed by atoms with van der Waals surface area (Å²) in [5, 5.41) is 3.00. The highest BCUT2D eigenvalue weighted by Crippen LogP contribution is 2.34. The van der Waals surface area contributed by atoms with Gasteiger partial charge >= 0.3 is 6.18 Å². The van der Waals surface area contributed by atoms with Crippen molar-refractivity contribution in [1.29, 1.82) is 0 Å². The van der Waals surface area contributed by atoms with E-state index in [4.69, 9.17) is 0 Å². The van der Waals surface area contributed by atoms with Gasteiger partial charge in [-0.3, -0.25) is 14.9 Å². The van der Waals surface area contributed by atoms with Crippen LogP contribution in [-0.4, -0.2) is 21.8 Å². The van der Waals surface area contributed by atoms with Crippen LogP contribution in [0.1, 0.15) is 11.3 Å². The monoisotopic (exact) mass is 346 g/mol. The lowest BCUT2D eigenvalue weighted by atomic mass is 10.0. The topological polar surface area (TPSA) is 53.9 Å². The molecule has 2 aromatic heterocycles. The quantitative estimate of drug-likeness (QED) is 0.736. The van der Waals surface area contributed by atoms with Gasteiger partial charge in [0.2, 0.25) is 0 Å². The average Bonchev–Trinajstić information content (AvgIpc) is 2.93. The standard InChI is InChI=1S/C17H13F3N4O/c1-23-9-13-12(3-2-8-21-13)14-15(23)16(25)24(22-14)11-6-4-10(5-7-11)17(18,19)20/h2-8,22H,9H2,1H3. The van der Waals surface area contributed by atoms with Gasteiger partial charge in [-0.1, -0.05) is 0 Å². The van der Waals surface area contributed by atoms with Crippen LogP contribution in [0.4, 0.5) is 18.9 Å². The normalized spacial score (nSPS) is 13.5. The van der Waals surface area contributed by atoms with Gasteiger partial charge in [-0.15, -0.1) is 0 Å². The minimum atomic E-state index is -4.41. The third-order valence-corrected chi connectivity index (χ3v) is 4.25. The Morgan fingerprint density at radius 3 is 2.56 bits per heavy atom. The highest BCUT2D eigenvalue weighted by molar-refractivity contribution is 5.79. The molecule has 4 rings (SSSR count).